The number of rotatable bonds is 5. The molecule has 7 nitrogen and oxygen atoms in total. The Labute approximate surface area is 182 Å². The molecule has 2 aromatic carbocycles. The highest BCUT2D eigenvalue weighted by Gasteiger charge is 2.32. The fraction of sp³-hybridized carbons (Fsp3) is 0.391. The van der Waals surface area contributed by atoms with E-state index >= 15 is 0 Å². The Morgan fingerprint density at radius 3 is 2.35 bits per heavy atom. The standard InChI is InChI=1S/C23H26N2O5S/c1-30-23(27)18-5-8-20(9-6-18)24-22(26)17-11-13-25(14-12-17)31(28,29)21-10-7-16-3-2-4-19(16)15-21/h5-10,15,17H,2-4,11-14H2,1H3,(H,24,26). The van der Waals surface area contributed by atoms with Gasteiger partial charge < -0.3 is 10.1 Å². The van der Waals surface area contributed by atoms with Crippen molar-refractivity contribution in [3.8, 4) is 0 Å². The van der Waals surface area contributed by atoms with Crippen LogP contribution in [-0.4, -0.2) is 44.8 Å². The van der Waals surface area contributed by atoms with E-state index in [1.807, 2.05) is 12.1 Å². The van der Waals surface area contributed by atoms with Gasteiger partial charge in [0.1, 0.15) is 0 Å². The molecule has 1 saturated heterocycles. The van der Waals surface area contributed by atoms with E-state index in [4.69, 9.17) is 0 Å². The van der Waals surface area contributed by atoms with Gasteiger partial charge in [0.15, 0.2) is 0 Å². The number of esters is 1. The highest BCUT2D eigenvalue weighted by atomic mass is 32.2. The van der Waals surface area contributed by atoms with Crippen LogP contribution in [0.15, 0.2) is 47.4 Å². The molecule has 1 N–H and O–H groups in total. The molecule has 4 rings (SSSR count). The van der Waals surface area contributed by atoms with E-state index in [0.717, 1.165) is 24.8 Å². The molecule has 164 valence electrons. The molecular weight excluding hydrogens is 416 g/mol. The second kappa shape index (κ2) is 8.80. The number of ether oxygens (including phenoxy) is 1. The van der Waals surface area contributed by atoms with Gasteiger partial charge in [-0.15, -0.1) is 0 Å². The summed E-state index contributed by atoms with van der Waals surface area (Å²) in [5.74, 6) is -0.832. The van der Waals surface area contributed by atoms with Gasteiger partial charge in [0.2, 0.25) is 15.9 Å². The van der Waals surface area contributed by atoms with Crippen molar-refractivity contribution in [2.75, 3.05) is 25.5 Å². The van der Waals surface area contributed by atoms with Crippen LogP contribution in [0.2, 0.25) is 0 Å². The molecule has 31 heavy (non-hydrogen) atoms. The van der Waals surface area contributed by atoms with E-state index in [0.29, 0.717) is 42.1 Å². The SMILES string of the molecule is COC(=O)c1ccc(NC(=O)C2CCN(S(=O)(=O)c3ccc4c(c3)CCC4)CC2)cc1. The fourth-order valence-electron chi connectivity index (χ4n) is 4.27. The van der Waals surface area contributed by atoms with Crippen LogP contribution in [0.5, 0.6) is 0 Å². The first-order valence-electron chi connectivity index (χ1n) is 10.5. The molecule has 1 aliphatic heterocycles. The third-order valence-corrected chi connectivity index (χ3v) is 8.00. The van der Waals surface area contributed by atoms with Crippen LogP contribution in [0.4, 0.5) is 5.69 Å². The number of nitrogens with zero attached hydrogens (tertiary/aromatic N) is 1. The summed E-state index contributed by atoms with van der Waals surface area (Å²) in [7, 11) is -2.23. The molecule has 0 atom stereocenters. The Bertz CT molecular complexity index is 1090. The molecule has 0 aromatic heterocycles. The van der Waals surface area contributed by atoms with Gasteiger partial charge in [0.05, 0.1) is 17.6 Å². The summed E-state index contributed by atoms with van der Waals surface area (Å²) in [6, 6.07) is 11.9. The molecule has 0 bridgehead atoms. The number of benzene rings is 2. The second-order valence-electron chi connectivity index (χ2n) is 8.02. The molecule has 1 aliphatic carbocycles. The molecule has 0 unspecified atom stereocenters. The van der Waals surface area contributed by atoms with Gasteiger partial charge in [0.25, 0.3) is 0 Å². The maximum Gasteiger partial charge on any atom is 0.337 e. The maximum absolute atomic E-state index is 13.1. The number of fused-ring (bicyclic) bond motifs is 1. The van der Waals surface area contributed by atoms with Crippen LogP contribution < -0.4 is 5.32 Å². The minimum atomic E-state index is -3.55. The first kappa shape index (κ1) is 21.5. The number of piperidine rings is 1. The number of hydrogen-bond donors (Lipinski definition) is 1. The highest BCUT2D eigenvalue weighted by Crippen LogP contribution is 2.29. The topological polar surface area (TPSA) is 92.8 Å². The average molecular weight is 443 g/mol. The quantitative estimate of drug-likeness (QED) is 0.719. The minimum absolute atomic E-state index is 0.139. The number of sulfonamides is 1. The Morgan fingerprint density at radius 2 is 1.68 bits per heavy atom. The summed E-state index contributed by atoms with van der Waals surface area (Å²) in [5, 5.41) is 2.85. The lowest BCUT2D eigenvalue weighted by molar-refractivity contribution is -0.120. The largest absolute Gasteiger partial charge is 0.465 e. The smallest absolute Gasteiger partial charge is 0.337 e. The average Bonchev–Trinajstić information content (AvgIpc) is 3.27. The normalized spacial score (nSPS) is 17.2. The zero-order valence-corrected chi connectivity index (χ0v) is 18.3. The van der Waals surface area contributed by atoms with Crippen LogP contribution in [0.25, 0.3) is 0 Å². The van der Waals surface area contributed by atoms with Crippen LogP contribution in [0, 0.1) is 5.92 Å². The monoisotopic (exact) mass is 442 g/mol. The van der Waals surface area contributed by atoms with Gasteiger partial charge in [-0.2, -0.15) is 4.31 Å². The Hall–Kier alpha value is -2.71. The summed E-state index contributed by atoms with van der Waals surface area (Å²) < 4.78 is 32.3. The maximum atomic E-state index is 13.1. The van der Waals surface area contributed by atoms with E-state index in [9.17, 15) is 18.0 Å². The molecule has 0 saturated carbocycles. The Morgan fingerprint density at radius 1 is 1.00 bits per heavy atom. The zero-order valence-electron chi connectivity index (χ0n) is 17.5. The summed E-state index contributed by atoms with van der Waals surface area (Å²) in [5.41, 5.74) is 3.37. The molecule has 2 aliphatic rings. The number of anilines is 1. The van der Waals surface area contributed by atoms with Crippen molar-refractivity contribution in [3.05, 3.63) is 59.2 Å². The first-order chi connectivity index (χ1) is 14.9. The predicted octanol–water partition coefficient (Wildman–Crippen LogP) is 3.00. The molecule has 1 amide bonds. The molecule has 1 heterocycles. The number of aryl methyl sites for hydroxylation is 2. The van der Waals surface area contributed by atoms with Crippen molar-refractivity contribution in [3.63, 3.8) is 0 Å². The molecule has 1 fully saturated rings. The third kappa shape index (κ3) is 4.50. The summed E-state index contributed by atoms with van der Waals surface area (Å²) in [4.78, 5) is 24.5. The van der Waals surface area contributed by atoms with Crippen LogP contribution in [-0.2, 0) is 32.4 Å². The van der Waals surface area contributed by atoms with Crippen molar-refractivity contribution in [1.29, 1.82) is 0 Å². The molecule has 8 heteroatoms. The summed E-state index contributed by atoms with van der Waals surface area (Å²) >= 11 is 0. The lowest BCUT2D eigenvalue weighted by Crippen LogP contribution is -2.41. The third-order valence-electron chi connectivity index (χ3n) is 6.11. The molecule has 2 aromatic rings. The van der Waals surface area contributed by atoms with Crippen LogP contribution >= 0.6 is 0 Å². The first-order valence-corrected chi connectivity index (χ1v) is 11.9. The van der Waals surface area contributed by atoms with Crippen molar-refractivity contribution in [2.24, 2.45) is 5.92 Å². The Kier molecular flexibility index (Phi) is 6.11. The van der Waals surface area contributed by atoms with Crippen molar-refractivity contribution < 1.29 is 22.7 Å². The number of amides is 1. The number of carbonyl (C=O) groups excluding carboxylic acids is 2. The number of methoxy groups -OCH3 is 1. The molecule has 0 radical (unpaired) electrons. The van der Waals surface area contributed by atoms with E-state index in [2.05, 4.69) is 10.1 Å². The van der Waals surface area contributed by atoms with E-state index in [1.54, 1.807) is 30.3 Å². The summed E-state index contributed by atoms with van der Waals surface area (Å²) in [6.45, 7) is 0.636. The van der Waals surface area contributed by atoms with E-state index in [1.165, 1.54) is 17.0 Å². The van der Waals surface area contributed by atoms with Crippen LogP contribution in [0.3, 0.4) is 0 Å². The number of nitrogens with one attached hydrogen (secondary N) is 1. The van der Waals surface area contributed by atoms with Crippen LogP contribution in [0.1, 0.15) is 40.7 Å². The minimum Gasteiger partial charge on any atom is -0.465 e. The van der Waals surface area contributed by atoms with Crippen molar-refractivity contribution in [2.45, 2.75) is 37.0 Å². The summed E-state index contributed by atoms with van der Waals surface area (Å²) in [6.07, 6.45) is 3.96. The highest BCUT2D eigenvalue weighted by molar-refractivity contribution is 7.89. The number of hydrogen-bond acceptors (Lipinski definition) is 5. The van der Waals surface area contributed by atoms with Crippen molar-refractivity contribution in [1.82, 2.24) is 4.31 Å². The van der Waals surface area contributed by atoms with Gasteiger partial charge in [-0.05, 0) is 79.6 Å². The van der Waals surface area contributed by atoms with Gasteiger partial charge in [0, 0.05) is 24.7 Å². The van der Waals surface area contributed by atoms with Gasteiger partial charge in [-0.3, -0.25) is 4.79 Å². The second-order valence-corrected chi connectivity index (χ2v) is 9.96. The van der Waals surface area contributed by atoms with Gasteiger partial charge in [-0.25, -0.2) is 13.2 Å². The number of carbonyl (C=O) groups is 2. The molecular formula is C23H26N2O5S. The van der Waals surface area contributed by atoms with Gasteiger partial charge >= 0.3 is 5.97 Å². The van der Waals surface area contributed by atoms with E-state index in [-0.39, 0.29) is 11.8 Å². The predicted molar refractivity (Wildman–Crippen MR) is 116 cm³/mol. The lowest BCUT2D eigenvalue weighted by atomic mass is 9.97. The zero-order chi connectivity index (χ0) is 22.0. The Balaban J connectivity index is 1.35. The fourth-order valence-corrected chi connectivity index (χ4v) is 5.79. The molecule has 0 spiro atoms. The van der Waals surface area contributed by atoms with Crippen molar-refractivity contribution >= 4 is 27.6 Å². The van der Waals surface area contributed by atoms with Gasteiger partial charge in [-0.1, -0.05) is 6.07 Å². The lowest BCUT2D eigenvalue weighted by Gasteiger charge is -2.30. The van der Waals surface area contributed by atoms with E-state index < -0.39 is 16.0 Å².